The average Bonchev–Trinajstić information content (AvgIpc) is 2.48. The van der Waals surface area contributed by atoms with E-state index in [1.165, 1.54) is 0 Å². The summed E-state index contributed by atoms with van der Waals surface area (Å²) in [5.41, 5.74) is 1.04. The van der Waals surface area contributed by atoms with Crippen molar-refractivity contribution < 1.29 is 4.74 Å². The van der Waals surface area contributed by atoms with E-state index in [0.717, 1.165) is 5.56 Å². The molecular weight excluding hydrogens is 248 g/mol. The summed E-state index contributed by atoms with van der Waals surface area (Å²) in [6, 6.07) is 18.7. The minimum absolute atomic E-state index is 0.507. The molecule has 0 aliphatic carbocycles. The molecule has 0 aliphatic heterocycles. The van der Waals surface area contributed by atoms with Crippen LogP contribution >= 0.6 is 0 Å². The molecule has 0 atom stereocenters. The van der Waals surface area contributed by atoms with Gasteiger partial charge in [-0.3, -0.25) is 0 Å². The lowest BCUT2D eigenvalue weighted by molar-refractivity contribution is 0.482. The first-order valence-electron chi connectivity index (χ1n) is 6.25. The van der Waals surface area contributed by atoms with Gasteiger partial charge in [-0.2, -0.15) is 10.5 Å². The quantitative estimate of drug-likeness (QED) is 0.834. The van der Waals surface area contributed by atoms with Gasteiger partial charge in [0, 0.05) is 0 Å². The molecule has 0 aliphatic rings. The summed E-state index contributed by atoms with van der Waals surface area (Å²) in [6.45, 7) is 3.76. The summed E-state index contributed by atoms with van der Waals surface area (Å²) in [4.78, 5) is 0. The lowest BCUT2D eigenvalue weighted by Gasteiger charge is -2.16. The van der Waals surface area contributed by atoms with E-state index in [1.807, 2.05) is 38.1 Å². The highest BCUT2D eigenvalue weighted by Gasteiger charge is 2.19. The van der Waals surface area contributed by atoms with E-state index in [2.05, 4.69) is 12.1 Å². The molecule has 0 amide bonds. The lowest BCUT2D eigenvalue weighted by atomic mass is 9.86. The normalized spacial score (nSPS) is 10.4. The first kappa shape index (κ1) is 13.6. The zero-order valence-corrected chi connectivity index (χ0v) is 11.4. The molecule has 3 heteroatoms. The maximum Gasteiger partial charge on any atom is 0.127 e. The molecule has 3 nitrogen and oxygen atoms in total. The van der Waals surface area contributed by atoms with Gasteiger partial charge in [-0.15, -0.1) is 0 Å². The monoisotopic (exact) mass is 262 g/mol. The number of nitriles is 2. The van der Waals surface area contributed by atoms with Crippen LogP contribution in [0.15, 0.2) is 48.5 Å². The predicted molar refractivity (Wildman–Crippen MR) is 76.3 cm³/mol. The van der Waals surface area contributed by atoms with Crippen LogP contribution in [-0.2, 0) is 5.41 Å². The largest absolute Gasteiger partial charge is 0.457 e. The average molecular weight is 262 g/mol. The van der Waals surface area contributed by atoms with E-state index in [4.69, 9.17) is 15.3 Å². The molecule has 2 aromatic rings. The van der Waals surface area contributed by atoms with Crippen molar-refractivity contribution in [3.05, 3.63) is 59.7 Å². The third-order valence-electron chi connectivity index (χ3n) is 3.07. The van der Waals surface area contributed by atoms with Crippen LogP contribution in [0.4, 0.5) is 0 Å². The summed E-state index contributed by atoms with van der Waals surface area (Å²) in [5.74, 6) is 1.38. The number of nitrogens with zero attached hydrogens (tertiary/aromatic N) is 2. The van der Waals surface area contributed by atoms with Crippen LogP contribution in [0, 0.1) is 22.7 Å². The summed E-state index contributed by atoms with van der Waals surface area (Å²) in [7, 11) is 0. The third-order valence-corrected chi connectivity index (χ3v) is 3.07. The highest BCUT2D eigenvalue weighted by Crippen LogP contribution is 2.27. The van der Waals surface area contributed by atoms with Crippen LogP contribution < -0.4 is 4.74 Å². The molecule has 0 unspecified atom stereocenters. The minimum atomic E-state index is -0.507. The second kappa shape index (κ2) is 5.47. The number of hydrogen-bond donors (Lipinski definition) is 0. The predicted octanol–water partition coefficient (Wildman–Crippen LogP) is 4.15. The second-order valence-corrected chi connectivity index (χ2v) is 5.00. The Morgan fingerprint density at radius 3 is 1.80 bits per heavy atom. The van der Waals surface area contributed by atoms with Gasteiger partial charge in [0.2, 0.25) is 0 Å². The van der Waals surface area contributed by atoms with E-state index < -0.39 is 5.41 Å². The molecule has 0 saturated heterocycles. The minimum Gasteiger partial charge on any atom is -0.457 e. The fourth-order valence-electron chi connectivity index (χ4n) is 1.74. The van der Waals surface area contributed by atoms with Crippen LogP contribution in [-0.4, -0.2) is 0 Å². The summed E-state index contributed by atoms with van der Waals surface area (Å²) < 4.78 is 5.69. The Morgan fingerprint density at radius 2 is 1.35 bits per heavy atom. The van der Waals surface area contributed by atoms with Crippen LogP contribution in [0.5, 0.6) is 11.5 Å². The van der Waals surface area contributed by atoms with E-state index in [9.17, 15) is 0 Å². The molecule has 0 fully saturated rings. The van der Waals surface area contributed by atoms with Gasteiger partial charge in [-0.05, 0) is 55.8 Å². The van der Waals surface area contributed by atoms with Crippen LogP contribution in [0.1, 0.15) is 25.0 Å². The van der Waals surface area contributed by atoms with E-state index in [-0.39, 0.29) is 0 Å². The van der Waals surface area contributed by atoms with Crippen LogP contribution in [0.3, 0.4) is 0 Å². The van der Waals surface area contributed by atoms with Gasteiger partial charge in [0.25, 0.3) is 0 Å². The van der Waals surface area contributed by atoms with Crippen molar-refractivity contribution in [1.82, 2.24) is 0 Å². The molecule has 2 rings (SSSR count). The van der Waals surface area contributed by atoms with Crippen molar-refractivity contribution in [2.45, 2.75) is 19.3 Å². The van der Waals surface area contributed by atoms with E-state index >= 15 is 0 Å². The van der Waals surface area contributed by atoms with Gasteiger partial charge in [0.1, 0.15) is 11.5 Å². The molecule has 0 aromatic heterocycles. The molecule has 20 heavy (non-hydrogen) atoms. The number of hydrogen-bond acceptors (Lipinski definition) is 3. The van der Waals surface area contributed by atoms with Crippen molar-refractivity contribution in [2.24, 2.45) is 0 Å². The topological polar surface area (TPSA) is 56.8 Å². The first-order chi connectivity index (χ1) is 9.55. The molecular formula is C17H14N2O. The van der Waals surface area contributed by atoms with Gasteiger partial charge in [0.15, 0.2) is 0 Å². The Bertz CT molecular complexity index is 671. The van der Waals surface area contributed by atoms with Crippen molar-refractivity contribution in [2.75, 3.05) is 0 Å². The first-order valence-corrected chi connectivity index (χ1v) is 6.25. The number of rotatable bonds is 3. The summed E-state index contributed by atoms with van der Waals surface area (Å²) >= 11 is 0. The SMILES string of the molecule is CC(C)(C#N)c1ccc(Oc2ccc(C#N)cc2)cc1. The van der Waals surface area contributed by atoms with Gasteiger partial charge >= 0.3 is 0 Å². The molecule has 0 bridgehead atoms. The molecule has 0 spiro atoms. The fourth-order valence-corrected chi connectivity index (χ4v) is 1.74. The van der Waals surface area contributed by atoms with E-state index in [1.54, 1.807) is 24.3 Å². The van der Waals surface area contributed by atoms with Gasteiger partial charge in [-0.1, -0.05) is 12.1 Å². The van der Waals surface area contributed by atoms with Crippen molar-refractivity contribution in [3.8, 4) is 23.6 Å². The Balaban J connectivity index is 2.15. The second-order valence-electron chi connectivity index (χ2n) is 5.00. The maximum atomic E-state index is 9.09. The molecule has 98 valence electrons. The summed E-state index contributed by atoms with van der Waals surface area (Å²) in [6.07, 6.45) is 0. The number of benzene rings is 2. The smallest absolute Gasteiger partial charge is 0.127 e. The van der Waals surface area contributed by atoms with Crippen molar-refractivity contribution in [3.63, 3.8) is 0 Å². The van der Waals surface area contributed by atoms with Crippen molar-refractivity contribution in [1.29, 1.82) is 10.5 Å². The van der Waals surface area contributed by atoms with Gasteiger partial charge in [0.05, 0.1) is 23.1 Å². The van der Waals surface area contributed by atoms with E-state index in [0.29, 0.717) is 17.1 Å². The zero-order chi connectivity index (χ0) is 14.6. The third kappa shape index (κ3) is 2.96. The fraction of sp³-hybridized carbons (Fsp3) is 0.176. The lowest BCUT2D eigenvalue weighted by Crippen LogP contribution is -2.13. The standard InChI is InChI=1S/C17H14N2O/c1-17(2,12-19)14-5-9-16(10-6-14)20-15-7-3-13(11-18)4-8-15/h3-10H,1-2H3. The number of ether oxygens (including phenoxy) is 1. The Kier molecular flexibility index (Phi) is 3.73. The Morgan fingerprint density at radius 1 is 0.850 bits per heavy atom. The molecule has 0 radical (unpaired) electrons. The molecule has 0 N–H and O–H groups in total. The molecule has 2 aromatic carbocycles. The van der Waals surface area contributed by atoms with Crippen LogP contribution in [0.2, 0.25) is 0 Å². The van der Waals surface area contributed by atoms with Gasteiger partial charge in [-0.25, -0.2) is 0 Å². The summed E-state index contributed by atoms with van der Waals surface area (Å²) in [5, 5.41) is 17.8. The zero-order valence-electron chi connectivity index (χ0n) is 11.4. The Labute approximate surface area is 118 Å². The molecule has 0 saturated carbocycles. The molecule has 0 heterocycles. The maximum absolute atomic E-state index is 9.09. The van der Waals surface area contributed by atoms with Crippen LogP contribution in [0.25, 0.3) is 0 Å². The van der Waals surface area contributed by atoms with Crippen molar-refractivity contribution >= 4 is 0 Å². The highest BCUT2D eigenvalue weighted by atomic mass is 16.5. The van der Waals surface area contributed by atoms with Gasteiger partial charge < -0.3 is 4.74 Å². The Hall–Kier alpha value is -2.78. The highest BCUT2D eigenvalue weighted by molar-refractivity contribution is 5.39.